The number of aromatic amines is 1. The number of anilines is 1. The number of aryl methyl sites for hydroxylation is 1. The molecule has 3 aromatic rings. The van der Waals surface area contributed by atoms with E-state index in [4.69, 9.17) is 10.8 Å². The average Bonchev–Trinajstić information content (AvgIpc) is 3.04. The minimum Gasteiger partial charge on any atom is -0.478 e. The summed E-state index contributed by atoms with van der Waals surface area (Å²) in [6, 6.07) is 12.8. The fourth-order valence-corrected chi connectivity index (χ4v) is 3.95. The van der Waals surface area contributed by atoms with E-state index in [0.717, 1.165) is 22.5 Å². The number of pyridine rings is 1. The van der Waals surface area contributed by atoms with E-state index >= 15 is 0 Å². The summed E-state index contributed by atoms with van der Waals surface area (Å²) in [5, 5.41) is 9.14. The molecule has 0 fully saturated rings. The number of benzene rings is 1. The number of primary amides is 1. The Morgan fingerprint density at radius 2 is 1.96 bits per heavy atom. The number of nitrogens with two attached hydrogens (primary N) is 1. The number of rotatable bonds is 4. The van der Waals surface area contributed by atoms with Crippen LogP contribution in [0.25, 0.3) is 0 Å². The van der Waals surface area contributed by atoms with Crippen LogP contribution in [0.15, 0.2) is 48.7 Å². The van der Waals surface area contributed by atoms with Gasteiger partial charge in [-0.25, -0.2) is 9.78 Å². The van der Waals surface area contributed by atoms with Crippen molar-refractivity contribution < 1.29 is 14.7 Å². The third-order valence-corrected chi connectivity index (χ3v) is 5.15. The predicted octanol–water partition coefficient (Wildman–Crippen LogP) is 2.67. The normalized spacial score (nSPS) is 15.9. The van der Waals surface area contributed by atoms with Gasteiger partial charge in [-0.15, -0.1) is 0 Å². The van der Waals surface area contributed by atoms with Gasteiger partial charge in [0.05, 0.1) is 17.2 Å². The maximum atomic E-state index is 12.2. The van der Waals surface area contributed by atoms with Gasteiger partial charge in [0.25, 0.3) is 5.91 Å². The number of nitrogens with zero attached hydrogens (tertiary/aromatic N) is 2. The summed E-state index contributed by atoms with van der Waals surface area (Å²) in [6.45, 7) is 2.52. The Hall–Kier alpha value is -3.61. The molecule has 1 aliphatic heterocycles. The van der Waals surface area contributed by atoms with Gasteiger partial charge in [-0.2, -0.15) is 0 Å². The Bertz CT molecular complexity index is 1040. The molecule has 28 heavy (non-hydrogen) atoms. The highest BCUT2D eigenvalue weighted by molar-refractivity contribution is 5.96. The van der Waals surface area contributed by atoms with E-state index in [9.17, 15) is 9.59 Å². The number of nitrogens with one attached hydrogen (secondary N) is 1. The second-order valence-corrected chi connectivity index (χ2v) is 6.85. The van der Waals surface area contributed by atoms with Crippen molar-refractivity contribution in [2.75, 3.05) is 11.4 Å². The largest absolute Gasteiger partial charge is 0.478 e. The third-order valence-electron chi connectivity index (χ3n) is 5.15. The number of carboxylic acid groups (broad SMARTS) is 1. The van der Waals surface area contributed by atoms with Gasteiger partial charge in [0.1, 0.15) is 5.82 Å². The lowest BCUT2D eigenvalue weighted by Gasteiger charge is -2.37. The van der Waals surface area contributed by atoms with Gasteiger partial charge in [0.15, 0.2) is 0 Å². The molecule has 1 amide bonds. The standard InChI is InChI=1S/C21H20N4O3/c1-12-17(20(22)26)18-15(24-12)9-10-25(19(18)13-5-3-2-4-6-13)16-8-7-14(11-23-16)21(27)28/h2-8,11,19,24H,9-10H2,1H3,(H2,22,26)(H,27,28). The SMILES string of the molecule is Cc1[nH]c2c(c1C(N)=O)C(c1ccccc1)N(c1ccc(C(=O)O)cn1)CC2. The number of fused-ring (bicyclic) bond motifs is 1. The lowest BCUT2D eigenvalue weighted by atomic mass is 9.89. The zero-order valence-electron chi connectivity index (χ0n) is 15.3. The van der Waals surface area contributed by atoms with E-state index in [1.54, 1.807) is 12.1 Å². The van der Waals surface area contributed by atoms with Gasteiger partial charge >= 0.3 is 5.97 Å². The zero-order valence-corrected chi connectivity index (χ0v) is 15.3. The fourth-order valence-electron chi connectivity index (χ4n) is 3.95. The number of hydrogen-bond donors (Lipinski definition) is 3. The van der Waals surface area contributed by atoms with E-state index in [1.807, 2.05) is 37.3 Å². The van der Waals surface area contributed by atoms with Crippen molar-refractivity contribution in [3.8, 4) is 0 Å². The van der Waals surface area contributed by atoms with Gasteiger partial charge in [-0.05, 0) is 24.6 Å². The minimum atomic E-state index is -1.02. The van der Waals surface area contributed by atoms with Gasteiger partial charge in [0.2, 0.25) is 0 Å². The molecule has 1 aliphatic rings. The number of carbonyl (C=O) groups excluding carboxylic acids is 1. The Morgan fingerprint density at radius 1 is 1.21 bits per heavy atom. The summed E-state index contributed by atoms with van der Waals surface area (Å²) in [4.78, 5) is 33.1. The molecule has 2 aromatic heterocycles. The lowest BCUT2D eigenvalue weighted by Crippen LogP contribution is -2.37. The van der Waals surface area contributed by atoms with Crippen molar-refractivity contribution in [3.63, 3.8) is 0 Å². The van der Waals surface area contributed by atoms with Crippen LogP contribution in [-0.2, 0) is 6.42 Å². The molecule has 0 spiro atoms. The molecule has 0 bridgehead atoms. The summed E-state index contributed by atoms with van der Waals surface area (Å²) < 4.78 is 0. The van der Waals surface area contributed by atoms with Crippen LogP contribution in [0.1, 0.15) is 49.3 Å². The van der Waals surface area contributed by atoms with Gasteiger partial charge in [-0.3, -0.25) is 4.79 Å². The van der Waals surface area contributed by atoms with Crippen LogP contribution in [0.4, 0.5) is 5.82 Å². The average molecular weight is 376 g/mol. The summed E-state index contributed by atoms with van der Waals surface area (Å²) >= 11 is 0. The van der Waals surface area contributed by atoms with Crippen molar-refractivity contribution in [1.29, 1.82) is 0 Å². The van der Waals surface area contributed by atoms with Crippen LogP contribution in [0.5, 0.6) is 0 Å². The second kappa shape index (κ2) is 6.84. The molecule has 1 atom stereocenters. The van der Waals surface area contributed by atoms with E-state index in [-0.39, 0.29) is 11.6 Å². The molecule has 1 aromatic carbocycles. The molecule has 0 saturated carbocycles. The number of carboxylic acids is 1. The van der Waals surface area contributed by atoms with Crippen LogP contribution in [-0.4, -0.2) is 33.5 Å². The van der Waals surface area contributed by atoms with Crippen molar-refractivity contribution in [3.05, 3.63) is 82.3 Å². The maximum Gasteiger partial charge on any atom is 0.337 e. The van der Waals surface area contributed by atoms with E-state index in [2.05, 4.69) is 14.9 Å². The summed E-state index contributed by atoms with van der Waals surface area (Å²) in [7, 11) is 0. The van der Waals surface area contributed by atoms with Crippen molar-refractivity contribution >= 4 is 17.7 Å². The van der Waals surface area contributed by atoms with E-state index in [1.165, 1.54) is 6.20 Å². The Balaban J connectivity index is 1.88. The maximum absolute atomic E-state index is 12.2. The molecule has 4 N–H and O–H groups in total. The number of hydrogen-bond acceptors (Lipinski definition) is 4. The first-order valence-electron chi connectivity index (χ1n) is 8.99. The number of aromatic nitrogens is 2. The van der Waals surface area contributed by atoms with Crippen LogP contribution >= 0.6 is 0 Å². The first kappa shape index (κ1) is 17.8. The van der Waals surface area contributed by atoms with E-state index in [0.29, 0.717) is 24.3 Å². The fraction of sp³-hybridized carbons (Fsp3) is 0.190. The van der Waals surface area contributed by atoms with Crippen molar-refractivity contribution in [1.82, 2.24) is 9.97 Å². The first-order valence-corrected chi connectivity index (χ1v) is 8.99. The molecule has 142 valence electrons. The van der Waals surface area contributed by atoms with Crippen molar-refractivity contribution in [2.24, 2.45) is 5.73 Å². The van der Waals surface area contributed by atoms with Crippen LogP contribution in [0, 0.1) is 6.92 Å². The molecule has 3 heterocycles. The molecular formula is C21H20N4O3. The van der Waals surface area contributed by atoms with Gasteiger partial charge in [0, 0.05) is 36.1 Å². The molecule has 7 nitrogen and oxygen atoms in total. The summed E-state index contributed by atoms with van der Waals surface area (Å²) in [5.74, 6) is -0.831. The highest BCUT2D eigenvalue weighted by atomic mass is 16.4. The monoisotopic (exact) mass is 376 g/mol. The van der Waals surface area contributed by atoms with Gasteiger partial charge in [-0.1, -0.05) is 30.3 Å². The lowest BCUT2D eigenvalue weighted by molar-refractivity contribution is 0.0696. The molecule has 7 heteroatoms. The van der Waals surface area contributed by atoms with Crippen LogP contribution in [0.2, 0.25) is 0 Å². The Labute approximate surface area is 161 Å². The quantitative estimate of drug-likeness (QED) is 0.648. The molecule has 0 saturated heterocycles. The summed E-state index contributed by atoms with van der Waals surface area (Å²) in [5.41, 5.74) is 9.98. The number of aromatic carboxylic acids is 1. The smallest absolute Gasteiger partial charge is 0.337 e. The Morgan fingerprint density at radius 3 is 2.57 bits per heavy atom. The number of carbonyl (C=O) groups is 2. The second-order valence-electron chi connectivity index (χ2n) is 6.85. The molecular weight excluding hydrogens is 356 g/mol. The topological polar surface area (TPSA) is 112 Å². The number of amides is 1. The minimum absolute atomic E-state index is 0.132. The highest BCUT2D eigenvalue weighted by Gasteiger charge is 2.35. The zero-order chi connectivity index (χ0) is 19.8. The van der Waals surface area contributed by atoms with E-state index < -0.39 is 11.9 Å². The summed E-state index contributed by atoms with van der Waals surface area (Å²) in [6.07, 6.45) is 2.06. The molecule has 0 radical (unpaired) electrons. The third kappa shape index (κ3) is 2.90. The van der Waals surface area contributed by atoms with Crippen LogP contribution < -0.4 is 10.6 Å². The number of H-pyrrole nitrogens is 1. The van der Waals surface area contributed by atoms with Gasteiger partial charge < -0.3 is 20.7 Å². The molecule has 0 aliphatic carbocycles. The predicted molar refractivity (Wildman–Crippen MR) is 105 cm³/mol. The first-order chi connectivity index (χ1) is 13.5. The van der Waals surface area contributed by atoms with Crippen LogP contribution in [0.3, 0.4) is 0 Å². The molecule has 1 unspecified atom stereocenters. The molecule has 4 rings (SSSR count). The van der Waals surface area contributed by atoms with Crippen molar-refractivity contribution in [2.45, 2.75) is 19.4 Å². The highest BCUT2D eigenvalue weighted by Crippen LogP contribution is 2.40. The Kier molecular flexibility index (Phi) is 4.35.